The van der Waals surface area contributed by atoms with Gasteiger partial charge in [-0.05, 0) is 52.9 Å². The van der Waals surface area contributed by atoms with Crippen LogP contribution < -0.4 is 5.32 Å². The molecule has 2 aromatic carbocycles. The fraction of sp³-hybridized carbons (Fsp3) is 0.0714. The van der Waals surface area contributed by atoms with Crippen molar-refractivity contribution in [3.8, 4) is 6.07 Å². The molecule has 0 saturated carbocycles. The number of nitrogens with one attached hydrogen (secondary N) is 1. The Hall–Kier alpha value is -1.39. The molecule has 0 aromatic heterocycles. The summed E-state index contributed by atoms with van der Waals surface area (Å²) in [5.74, 6) is -1.48. The molecular weight excluding hydrogens is 397 g/mol. The third-order valence-electron chi connectivity index (χ3n) is 2.66. The summed E-state index contributed by atoms with van der Waals surface area (Å²) < 4.78 is 28.3. The molecule has 102 valence electrons. The minimum Gasteiger partial charge on any atom is -0.380 e. The van der Waals surface area contributed by atoms with Crippen molar-refractivity contribution in [2.75, 3.05) is 5.32 Å². The highest BCUT2D eigenvalue weighted by atomic mass is 127. The molecule has 0 radical (unpaired) electrons. The van der Waals surface area contributed by atoms with Crippen molar-refractivity contribution in [1.82, 2.24) is 0 Å². The lowest BCUT2D eigenvalue weighted by molar-refractivity contribution is 0.559. The normalized spacial score (nSPS) is 10.2. The van der Waals surface area contributed by atoms with E-state index in [-0.39, 0.29) is 17.7 Å². The van der Waals surface area contributed by atoms with Gasteiger partial charge in [0.1, 0.15) is 11.6 Å². The van der Waals surface area contributed by atoms with Gasteiger partial charge >= 0.3 is 0 Å². The maximum Gasteiger partial charge on any atom is 0.132 e. The van der Waals surface area contributed by atoms with Crippen LogP contribution in [0.3, 0.4) is 0 Å². The van der Waals surface area contributed by atoms with Crippen molar-refractivity contribution < 1.29 is 8.78 Å². The molecule has 0 spiro atoms. The maximum atomic E-state index is 13.7. The molecule has 0 aliphatic heterocycles. The van der Waals surface area contributed by atoms with E-state index in [0.29, 0.717) is 5.02 Å². The van der Waals surface area contributed by atoms with Gasteiger partial charge < -0.3 is 5.32 Å². The number of anilines is 1. The van der Waals surface area contributed by atoms with E-state index >= 15 is 0 Å². The van der Waals surface area contributed by atoms with Crippen molar-refractivity contribution in [3.63, 3.8) is 0 Å². The second-order valence-electron chi connectivity index (χ2n) is 4.01. The molecule has 0 saturated heterocycles. The molecular formula is C14H8ClF2IN2. The zero-order valence-electron chi connectivity index (χ0n) is 10.1. The summed E-state index contributed by atoms with van der Waals surface area (Å²) in [6.45, 7) is -0.0129. The number of nitrogens with zero attached hydrogens (tertiary/aromatic N) is 1. The van der Waals surface area contributed by atoms with Crippen LogP contribution in [0.1, 0.15) is 11.1 Å². The van der Waals surface area contributed by atoms with Crippen LogP contribution in [0, 0.1) is 26.5 Å². The molecule has 2 aromatic rings. The predicted molar refractivity (Wildman–Crippen MR) is 82.6 cm³/mol. The summed E-state index contributed by atoms with van der Waals surface area (Å²) in [4.78, 5) is 0. The Morgan fingerprint density at radius 2 is 1.85 bits per heavy atom. The van der Waals surface area contributed by atoms with Crippen molar-refractivity contribution in [3.05, 3.63) is 61.7 Å². The highest BCUT2D eigenvalue weighted by Crippen LogP contribution is 2.24. The topological polar surface area (TPSA) is 35.8 Å². The van der Waals surface area contributed by atoms with Gasteiger partial charge in [-0.1, -0.05) is 11.6 Å². The SMILES string of the molecule is N#Cc1cc(F)c(CNc2ccc(Cl)cc2I)c(F)c1. The van der Waals surface area contributed by atoms with Crippen LogP contribution in [0.25, 0.3) is 0 Å². The van der Waals surface area contributed by atoms with Crippen LogP contribution in [0.15, 0.2) is 30.3 Å². The average Bonchev–Trinajstić information content (AvgIpc) is 2.39. The molecule has 0 fully saturated rings. The Morgan fingerprint density at radius 3 is 2.40 bits per heavy atom. The fourth-order valence-electron chi connectivity index (χ4n) is 1.65. The lowest BCUT2D eigenvalue weighted by atomic mass is 10.1. The standard InChI is InChI=1S/C14H8ClF2IN2/c15-9-1-2-14(13(18)5-9)20-7-10-11(16)3-8(6-19)4-12(10)17/h1-5,20H,7H2. The van der Waals surface area contributed by atoms with Crippen LogP contribution >= 0.6 is 34.2 Å². The number of benzene rings is 2. The van der Waals surface area contributed by atoms with Gasteiger partial charge in [0.2, 0.25) is 0 Å². The Balaban J connectivity index is 2.21. The number of halogens is 4. The Labute approximate surface area is 133 Å². The van der Waals surface area contributed by atoms with Crippen LogP contribution in [0.5, 0.6) is 0 Å². The Bertz CT molecular complexity index is 675. The lowest BCUT2D eigenvalue weighted by Crippen LogP contribution is -2.06. The molecule has 2 nitrogen and oxygen atoms in total. The van der Waals surface area contributed by atoms with Gasteiger partial charge in [-0.15, -0.1) is 0 Å². The van der Waals surface area contributed by atoms with Gasteiger partial charge in [0.15, 0.2) is 0 Å². The summed E-state index contributed by atoms with van der Waals surface area (Å²) in [5, 5.41) is 12.2. The monoisotopic (exact) mass is 404 g/mol. The van der Waals surface area contributed by atoms with Gasteiger partial charge in [0.05, 0.1) is 11.6 Å². The predicted octanol–water partition coefficient (Wildman–Crippen LogP) is 4.71. The van der Waals surface area contributed by atoms with Gasteiger partial charge in [0.25, 0.3) is 0 Å². The van der Waals surface area contributed by atoms with E-state index in [1.54, 1.807) is 24.3 Å². The van der Waals surface area contributed by atoms with Crippen molar-refractivity contribution in [2.45, 2.75) is 6.54 Å². The molecule has 6 heteroatoms. The van der Waals surface area contributed by atoms with Crippen LogP contribution in [-0.4, -0.2) is 0 Å². The van der Waals surface area contributed by atoms with Gasteiger partial charge in [0, 0.05) is 26.4 Å². The van der Waals surface area contributed by atoms with E-state index in [4.69, 9.17) is 16.9 Å². The quantitative estimate of drug-likeness (QED) is 0.752. The Kier molecular flexibility index (Phi) is 4.78. The number of hydrogen-bond acceptors (Lipinski definition) is 2. The number of rotatable bonds is 3. The molecule has 0 unspecified atom stereocenters. The van der Waals surface area contributed by atoms with Gasteiger partial charge in [-0.3, -0.25) is 0 Å². The molecule has 0 atom stereocenters. The average molecular weight is 405 g/mol. The summed E-state index contributed by atoms with van der Waals surface area (Å²) in [7, 11) is 0. The van der Waals surface area contributed by atoms with E-state index < -0.39 is 11.6 Å². The van der Waals surface area contributed by atoms with Gasteiger partial charge in [-0.2, -0.15) is 5.26 Å². The zero-order chi connectivity index (χ0) is 14.7. The Morgan fingerprint density at radius 1 is 1.20 bits per heavy atom. The van der Waals surface area contributed by atoms with Crippen LogP contribution in [-0.2, 0) is 6.54 Å². The van der Waals surface area contributed by atoms with Crippen LogP contribution in [0.2, 0.25) is 5.02 Å². The fourth-order valence-corrected chi connectivity index (χ4v) is 2.72. The first-order chi connectivity index (χ1) is 9.51. The second-order valence-corrected chi connectivity index (χ2v) is 5.61. The van der Waals surface area contributed by atoms with E-state index in [9.17, 15) is 8.78 Å². The summed E-state index contributed by atoms with van der Waals surface area (Å²) in [5.41, 5.74) is 0.595. The van der Waals surface area contributed by atoms with E-state index in [2.05, 4.69) is 27.9 Å². The molecule has 0 aliphatic rings. The number of nitriles is 1. The van der Waals surface area contributed by atoms with Crippen molar-refractivity contribution in [1.29, 1.82) is 5.26 Å². The van der Waals surface area contributed by atoms with E-state index in [1.807, 2.05) is 0 Å². The van der Waals surface area contributed by atoms with E-state index in [0.717, 1.165) is 21.4 Å². The molecule has 2 rings (SSSR count). The van der Waals surface area contributed by atoms with Crippen LogP contribution in [0.4, 0.5) is 14.5 Å². The van der Waals surface area contributed by atoms with E-state index in [1.165, 1.54) is 0 Å². The highest BCUT2D eigenvalue weighted by molar-refractivity contribution is 14.1. The minimum atomic E-state index is -0.738. The smallest absolute Gasteiger partial charge is 0.132 e. The summed E-state index contributed by atoms with van der Waals surface area (Å²) in [6, 6.07) is 8.93. The maximum absolute atomic E-state index is 13.7. The molecule has 0 aliphatic carbocycles. The second kappa shape index (κ2) is 6.37. The molecule has 0 heterocycles. The third-order valence-corrected chi connectivity index (χ3v) is 3.78. The zero-order valence-corrected chi connectivity index (χ0v) is 13.0. The minimum absolute atomic E-state index is 0.0129. The first-order valence-corrected chi connectivity index (χ1v) is 7.04. The van der Waals surface area contributed by atoms with Crippen molar-refractivity contribution in [2.24, 2.45) is 0 Å². The summed E-state index contributed by atoms with van der Waals surface area (Å²) >= 11 is 7.91. The highest BCUT2D eigenvalue weighted by Gasteiger charge is 2.11. The van der Waals surface area contributed by atoms with Gasteiger partial charge in [-0.25, -0.2) is 8.78 Å². The third kappa shape index (κ3) is 3.38. The first-order valence-electron chi connectivity index (χ1n) is 5.58. The molecule has 0 bridgehead atoms. The molecule has 1 N–H and O–H groups in total. The summed E-state index contributed by atoms with van der Waals surface area (Å²) in [6.07, 6.45) is 0. The lowest BCUT2D eigenvalue weighted by Gasteiger charge is -2.10. The molecule has 20 heavy (non-hydrogen) atoms. The molecule has 0 amide bonds. The van der Waals surface area contributed by atoms with Crippen molar-refractivity contribution >= 4 is 39.9 Å². The number of hydrogen-bond donors (Lipinski definition) is 1. The largest absolute Gasteiger partial charge is 0.380 e. The first kappa shape index (κ1) is 15.0.